The van der Waals surface area contributed by atoms with Crippen LogP contribution in [0.25, 0.3) is 0 Å². The number of nitrogens with two attached hydrogens (primary N) is 1. The quantitative estimate of drug-likeness (QED) is 0.811. The van der Waals surface area contributed by atoms with Crippen molar-refractivity contribution < 1.29 is 4.79 Å². The summed E-state index contributed by atoms with van der Waals surface area (Å²) >= 11 is 0. The minimum atomic E-state index is -0.397. The average molecular weight is 286 g/mol. The van der Waals surface area contributed by atoms with Crippen molar-refractivity contribution in [3.8, 4) is 0 Å². The van der Waals surface area contributed by atoms with Gasteiger partial charge in [-0.05, 0) is 38.8 Å². The van der Waals surface area contributed by atoms with Crippen LogP contribution in [0.1, 0.15) is 26.7 Å². The zero-order chi connectivity index (χ0) is 11.3. The summed E-state index contributed by atoms with van der Waals surface area (Å²) in [6.07, 6.45) is 2.56. The Morgan fingerprint density at radius 3 is 2.41 bits per heavy atom. The molecule has 1 aliphatic heterocycles. The first-order chi connectivity index (χ1) is 7.09. The van der Waals surface area contributed by atoms with Crippen LogP contribution in [0.15, 0.2) is 0 Å². The Kier molecular flexibility index (Phi) is 11.3. The molecule has 1 atom stereocenters. The summed E-state index contributed by atoms with van der Waals surface area (Å²) in [6, 6.07) is -0.397. The summed E-state index contributed by atoms with van der Waals surface area (Å²) in [5, 5.41) is 2.84. The number of carbonyl (C=O) groups is 1. The fourth-order valence-corrected chi connectivity index (χ4v) is 1.78. The van der Waals surface area contributed by atoms with E-state index in [0.29, 0.717) is 0 Å². The molecule has 0 saturated carbocycles. The average Bonchev–Trinajstić information content (AvgIpc) is 2.20. The van der Waals surface area contributed by atoms with Gasteiger partial charge in [0, 0.05) is 13.1 Å². The molecular weight excluding hydrogens is 261 g/mol. The molecule has 6 heteroatoms. The van der Waals surface area contributed by atoms with Gasteiger partial charge in [-0.2, -0.15) is 0 Å². The fourth-order valence-electron chi connectivity index (χ4n) is 1.78. The highest BCUT2D eigenvalue weighted by Gasteiger charge is 2.15. The second-order valence-corrected chi connectivity index (χ2v) is 4.60. The number of rotatable bonds is 4. The Bertz CT molecular complexity index is 207. The Morgan fingerprint density at radius 2 is 1.94 bits per heavy atom. The molecule has 1 rings (SSSR count). The Morgan fingerprint density at radius 1 is 1.41 bits per heavy atom. The third-order valence-electron chi connectivity index (χ3n) is 3.02. The fraction of sp³-hybridized carbons (Fsp3) is 0.909. The third kappa shape index (κ3) is 7.82. The molecule has 0 aromatic heterocycles. The maximum Gasteiger partial charge on any atom is 0.236 e. The lowest BCUT2D eigenvalue weighted by Gasteiger charge is -2.30. The number of carbonyl (C=O) groups excluding carboxylic acids is 1. The zero-order valence-corrected chi connectivity index (χ0v) is 12.3. The van der Waals surface area contributed by atoms with E-state index in [9.17, 15) is 4.79 Å². The first-order valence-electron chi connectivity index (χ1n) is 5.85. The highest BCUT2D eigenvalue weighted by Crippen LogP contribution is 2.14. The SMILES string of the molecule is CC1CCN(CCNC(=O)[C@@H](C)N)CC1.Cl.Cl. The molecule has 1 heterocycles. The molecule has 0 aromatic rings. The first-order valence-corrected chi connectivity index (χ1v) is 5.85. The van der Waals surface area contributed by atoms with Crippen LogP contribution in [-0.4, -0.2) is 43.0 Å². The van der Waals surface area contributed by atoms with Crippen LogP contribution in [0.4, 0.5) is 0 Å². The van der Waals surface area contributed by atoms with E-state index in [-0.39, 0.29) is 30.7 Å². The van der Waals surface area contributed by atoms with Crippen LogP contribution in [0.5, 0.6) is 0 Å². The Labute approximate surface area is 117 Å². The molecule has 0 aliphatic carbocycles. The van der Waals surface area contributed by atoms with Crippen LogP contribution >= 0.6 is 24.8 Å². The summed E-state index contributed by atoms with van der Waals surface area (Å²) in [5.74, 6) is 0.806. The van der Waals surface area contributed by atoms with Crippen molar-refractivity contribution in [2.45, 2.75) is 32.7 Å². The van der Waals surface area contributed by atoms with E-state index < -0.39 is 6.04 Å². The molecule has 0 radical (unpaired) electrons. The summed E-state index contributed by atoms with van der Waals surface area (Å²) in [6.45, 7) is 8.00. The molecule has 0 spiro atoms. The molecule has 104 valence electrons. The van der Waals surface area contributed by atoms with Crippen LogP contribution in [0, 0.1) is 5.92 Å². The Balaban J connectivity index is 0. The predicted octanol–water partition coefficient (Wildman–Crippen LogP) is 1.03. The van der Waals surface area contributed by atoms with Crippen molar-refractivity contribution in [3.05, 3.63) is 0 Å². The highest BCUT2D eigenvalue weighted by molar-refractivity contribution is 5.85. The van der Waals surface area contributed by atoms with Crippen LogP contribution in [0.2, 0.25) is 0 Å². The van der Waals surface area contributed by atoms with Gasteiger partial charge in [0.2, 0.25) is 5.91 Å². The van der Waals surface area contributed by atoms with Gasteiger partial charge in [0.25, 0.3) is 0 Å². The summed E-state index contributed by atoms with van der Waals surface area (Å²) in [5.41, 5.74) is 5.45. The molecule has 1 fully saturated rings. The van der Waals surface area contributed by atoms with E-state index in [4.69, 9.17) is 5.73 Å². The number of amides is 1. The highest BCUT2D eigenvalue weighted by atomic mass is 35.5. The van der Waals surface area contributed by atoms with E-state index in [1.54, 1.807) is 6.92 Å². The lowest BCUT2D eigenvalue weighted by Crippen LogP contribution is -2.43. The van der Waals surface area contributed by atoms with Gasteiger partial charge in [-0.15, -0.1) is 24.8 Å². The van der Waals surface area contributed by atoms with E-state index in [1.807, 2.05) is 0 Å². The maximum absolute atomic E-state index is 11.2. The predicted molar refractivity (Wildman–Crippen MR) is 76.0 cm³/mol. The van der Waals surface area contributed by atoms with Gasteiger partial charge < -0.3 is 16.0 Å². The van der Waals surface area contributed by atoms with Crippen LogP contribution in [-0.2, 0) is 4.79 Å². The normalized spacial score (nSPS) is 18.8. The van der Waals surface area contributed by atoms with E-state index >= 15 is 0 Å². The molecule has 0 bridgehead atoms. The number of likely N-dealkylation sites (tertiary alicyclic amines) is 1. The zero-order valence-electron chi connectivity index (χ0n) is 10.6. The number of piperidine rings is 1. The molecule has 0 unspecified atom stereocenters. The third-order valence-corrected chi connectivity index (χ3v) is 3.02. The molecule has 1 aliphatic rings. The summed E-state index contributed by atoms with van der Waals surface area (Å²) in [4.78, 5) is 13.6. The maximum atomic E-state index is 11.2. The minimum Gasteiger partial charge on any atom is -0.353 e. The number of hydrogen-bond acceptors (Lipinski definition) is 3. The smallest absolute Gasteiger partial charge is 0.236 e. The lowest BCUT2D eigenvalue weighted by atomic mass is 9.99. The molecule has 4 nitrogen and oxygen atoms in total. The molecule has 1 amide bonds. The first kappa shape index (κ1) is 19.3. The minimum absolute atomic E-state index is 0. The van der Waals surface area contributed by atoms with Crippen molar-refractivity contribution in [2.75, 3.05) is 26.2 Å². The van der Waals surface area contributed by atoms with Gasteiger partial charge in [-0.1, -0.05) is 6.92 Å². The van der Waals surface area contributed by atoms with E-state index in [1.165, 1.54) is 12.8 Å². The number of hydrogen-bond donors (Lipinski definition) is 2. The van der Waals surface area contributed by atoms with Crippen LogP contribution < -0.4 is 11.1 Å². The van der Waals surface area contributed by atoms with Crippen molar-refractivity contribution in [1.82, 2.24) is 10.2 Å². The topological polar surface area (TPSA) is 58.4 Å². The van der Waals surface area contributed by atoms with Gasteiger partial charge >= 0.3 is 0 Å². The van der Waals surface area contributed by atoms with Crippen molar-refractivity contribution in [3.63, 3.8) is 0 Å². The van der Waals surface area contributed by atoms with E-state index in [0.717, 1.165) is 32.1 Å². The van der Waals surface area contributed by atoms with Gasteiger partial charge in [0.05, 0.1) is 6.04 Å². The summed E-state index contributed by atoms with van der Waals surface area (Å²) in [7, 11) is 0. The van der Waals surface area contributed by atoms with Gasteiger partial charge in [0.15, 0.2) is 0 Å². The molecule has 1 saturated heterocycles. The number of halogens is 2. The molecule has 0 aromatic carbocycles. The monoisotopic (exact) mass is 285 g/mol. The number of nitrogens with zero attached hydrogens (tertiary/aromatic N) is 1. The number of nitrogens with one attached hydrogen (secondary N) is 1. The van der Waals surface area contributed by atoms with Crippen molar-refractivity contribution in [2.24, 2.45) is 11.7 Å². The molecule has 17 heavy (non-hydrogen) atoms. The van der Waals surface area contributed by atoms with Gasteiger partial charge in [-0.3, -0.25) is 4.79 Å². The lowest BCUT2D eigenvalue weighted by molar-refractivity contribution is -0.122. The van der Waals surface area contributed by atoms with Gasteiger partial charge in [0.1, 0.15) is 0 Å². The Hall–Kier alpha value is -0.0300. The van der Waals surface area contributed by atoms with Gasteiger partial charge in [-0.25, -0.2) is 0 Å². The van der Waals surface area contributed by atoms with Crippen molar-refractivity contribution in [1.29, 1.82) is 0 Å². The second kappa shape index (κ2) is 9.95. The van der Waals surface area contributed by atoms with E-state index in [2.05, 4.69) is 17.1 Å². The van der Waals surface area contributed by atoms with Crippen LogP contribution in [0.3, 0.4) is 0 Å². The summed E-state index contributed by atoms with van der Waals surface area (Å²) < 4.78 is 0. The standard InChI is InChI=1S/C11H23N3O.2ClH/c1-9-3-6-14(7-4-9)8-5-13-11(15)10(2)12;;/h9-10H,3-8,12H2,1-2H3,(H,13,15);2*1H/t10-;;/m1../s1. The van der Waals surface area contributed by atoms with Crippen molar-refractivity contribution >= 4 is 30.7 Å². The molecule has 3 N–H and O–H groups in total. The molecular formula is C11H25Cl2N3O. The second-order valence-electron chi connectivity index (χ2n) is 4.60. The largest absolute Gasteiger partial charge is 0.353 e.